The Morgan fingerprint density at radius 3 is 2.40 bits per heavy atom. The van der Waals surface area contributed by atoms with E-state index in [1.165, 1.54) is 0 Å². The quantitative estimate of drug-likeness (QED) is 0.553. The first-order valence-corrected chi connectivity index (χ1v) is 4.52. The molecule has 0 aliphatic heterocycles. The molecule has 3 heteroatoms. The molecular weight excluding hydrogens is 193 g/mol. The number of hydrogen-bond donors (Lipinski definition) is 2. The smallest absolute Gasteiger partial charge is 0.167 e. The Kier molecular flexibility index (Phi) is 2.29. The first-order chi connectivity index (χ1) is 7.18. The summed E-state index contributed by atoms with van der Waals surface area (Å²) in [6, 6.07) is 11.7. The van der Waals surface area contributed by atoms with Crippen LogP contribution in [-0.2, 0) is 0 Å². The van der Waals surface area contributed by atoms with Gasteiger partial charge in [0.1, 0.15) is 0 Å². The predicted molar refractivity (Wildman–Crippen MR) is 57.9 cm³/mol. The Labute approximate surface area is 86.8 Å². The van der Waals surface area contributed by atoms with Gasteiger partial charge < -0.3 is 10.8 Å². The van der Waals surface area contributed by atoms with Gasteiger partial charge in [-0.3, -0.25) is 0 Å². The molecule has 0 atom stereocenters. The highest BCUT2D eigenvalue weighted by Crippen LogP contribution is 2.33. The second-order valence-corrected chi connectivity index (χ2v) is 3.26. The Hall–Kier alpha value is -2.03. The lowest BCUT2D eigenvalue weighted by atomic mass is 10.0. The summed E-state index contributed by atoms with van der Waals surface area (Å²) >= 11 is 0. The van der Waals surface area contributed by atoms with E-state index in [2.05, 4.69) is 0 Å². The van der Waals surface area contributed by atoms with Crippen LogP contribution in [-0.4, -0.2) is 5.11 Å². The highest BCUT2D eigenvalue weighted by Gasteiger charge is 2.09. The summed E-state index contributed by atoms with van der Waals surface area (Å²) in [5.41, 5.74) is 6.96. The summed E-state index contributed by atoms with van der Waals surface area (Å²) in [7, 11) is 0. The monoisotopic (exact) mass is 203 g/mol. The fourth-order valence-electron chi connectivity index (χ4n) is 1.46. The number of phenolic OH excluding ortho intramolecular Hbond substituents is 1. The number of benzene rings is 2. The molecule has 0 fully saturated rings. The Morgan fingerprint density at radius 1 is 1.07 bits per heavy atom. The van der Waals surface area contributed by atoms with E-state index in [4.69, 9.17) is 5.73 Å². The topological polar surface area (TPSA) is 46.2 Å². The summed E-state index contributed by atoms with van der Waals surface area (Å²) in [5, 5.41) is 9.54. The van der Waals surface area contributed by atoms with Crippen LogP contribution in [0.4, 0.5) is 10.1 Å². The zero-order valence-electron chi connectivity index (χ0n) is 7.94. The molecule has 2 aromatic carbocycles. The molecule has 2 aromatic rings. The summed E-state index contributed by atoms with van der Waals surface area (Å²) in [6.45, 7) is 0. The maximum atomic E-state index is 13.2. The number of halogens is 1. The van der Waals surface area contributed by atoms with Crippen LogP contribution in [0.3, 0.4) is 0 Å². The van der Waals surface area contributed by atoms with Gasteiger partial charge in [0, 0.05) is 17.3 Å². The van der Waals surface area contributed by atoms with Gasteiger partial charge in [0.05, 0.1) is 0 Å². The van der Waals surface area contributed by atoms with Crippen molar-refractivity contribution in [1.82, 2.24) is 0 Å². The number of nitrogens with two attached hydrogens (primary N) is 1. The highest BCUT2D eigenvalue weighted by atomic mass is 19.1. The molecule has 0 aliphatic rings. The first-order valence-electron chi connectivity index (χ1n) is 4.52. The third-order valence-corrected chi connectivity index (χ3v) is 2.17. The normalized spacial score (nSPS) is 10.2. The van der Waals surface area contributed by atoms with Gasteiger partial charge in [-0.25, -0.2) is 4.39 Å². The van der Waals surface area contributed by atoms with E-state index in [9.17, 15) is 9.50 Å². The van der Waals surface area contributed by atoms with Gasteiger partial charge in [-0.1, -0.05) is 30.3 Å². The molecule has 0 amide bonds. The van der Waals surface area contributed by atoms with E-state index >= 15 is 0 Å². The fourth-order valence-corrected chi connectivity index (χ4v) is 1.46. The van der Waals surface area contributed by atoms with E-state index in [-0.39, 0.29) is 5.75 Å². The van der Waals surface area contributed by atoms with Gasteiger partial charge in [0.2, 0.25) is 0 Å². The molecule has 0 aromatic heterocycles. The van der Waals surface area contributed by atoms with Crippen LogP contribution in [0.2, 0.25) is 0 Å². The Balaban J connectivity index is 2.63. The number of phenols is 1. The van der Waals surface area contributed by atoms with Gasteiger partial charge in [-0.15, -0.1) is 0 Å². The van der Waals surface area contributed by atoms with E-state index < -0.39 is 5.82 Å². The molecule has 0 bridgehead atoms. The molecule has 15 heavy (non-hydrogen) atoms. The number of anilines is 1. The van der Waals surface area contributed by atoms with E-state index in [0.717, 1.165) is 11.6 Å². The van der Waals surface area contributed by atoms with E-state index in [0.29, 0.717) is 11.3 Å². The largest absolute Gasteiger partial charge is 0.504 e. The van der Waals surface area contributed by atoms with E-state index in [1.807, 2.05) is 18.2 Å². The lowest BCUT2D eigenvalue weighted by Gasteiger charge is -2.06. The molecule has 2 nitrogen and oxygen atoms in total. The number of hydrogen-bond acceptors (Lipinski definition) is 2. The van der Waals surface area contributed by atoms with Crippen molar-refractivity contribution in [3.8, 4) is 16.9 Å². The minimum atomic E-state index is -0.700. The van der Waals surface area contributed by atoms with Crippen molar-refractivity contribution in [3.05, 3.63) is 48.3 Å². The molecule has 0 saturated heterocycles. The van der Waals surface area contributed by atoms with Crippen molar-refractivity contribution >= 4 is 5.69 Å². The minimum absolute atomic E-state index is 0.296. The third kappa shape index (κ3) is 1.76. The Morgan fingerprint density at radius 2 is 1.73 bits per heavy atom. The van der Waals surface area contributed by atoms with Crippen LogP contribution in [0.5, 0.6) is 5.75 Å². The van der Waals surface area contributed by atoms with Crippen molar-refractivity contribution in [2.24, 2.45) is 0 Å². The van der Waals surface area contributed by atoms with Gasteiger partial charge in [0.15, 0.2) is 11.6 Å². The maximum Gasteiger partial charge on any atom is 0.167 e. The van der Waals surface area contributed by atoms with Gasteiger partial charge in [0.25, 0.3) is 0 Å². The summed E-state index contributed by atoms with van der Waals surface area (Å²) < 4.78 is 13.2. The molecule has 0 unspecified atom stereocenters. The van der Waals surface area contributed by atoms with Crippen LogP contribution in [0.15, 0.2) is 42.5 Å². The molecule has 3 N–H and O–H groups in total. The molecule has 0 radical (unpaired) electrons. The fraction of sp³-hybridized carbons (Fsp3) is 0. The predicted octanol–water partition coefficient (Wildman–Crippen LogP) is 2.78. The van der Waals surface area contributed by atoms with Crippen molar-refractivity contribution in [2.45, 2.75) is 0 Å². The molecule has 76 valence electrons. The van der Waals surface area contributed by atoms with Crippen molar-refractivity contribution in [3.63, 3.8) is 0 Å². The SMILES string of the molecule is Nc1cc(F)c(O)c(-c2ccccc2)c1. The van der Waals surface area contributed by atoms with Crippen molar-refractivity contribution < 1.29 is 9.50 Å². The van der Waals surface area contributed by atoms with Crippen LogP contribution in [0.1, 0.15) is 0 Å². The highest BCUT2D eigenvalue weighted by molar-refractivity contribution is 5.73. The second-order valence-electron chi connectivity index (χ2n) is 3.26. The average molecular weight is 203 g/mol. The number of aromatic hydroxyl groups is 1. The lowest BCUT2D eigenvalue weighted by Crippen LogP contribution is -1.89. The minimum Gasteiger partial charge on any atom is -0.504 e. The molecular formula is C12H10FNO. The molecule has 2 rings (SSSR count). The molecule has 0 aliphatic carbocycles. The standard InChI is InChI=1S/C12H10FNO/c13-11-7-9(14)6-10(12(11)15)8-4-2-1-3-5-8/h1-7,15H,14H2. The summed E-state index contributed by atoms with van der Waals surface area (Å²) in [4.78, 5) is 0. The van der Waals surface area contributed by atoms with Crippen LogP contribution in [0, 0.1) is 5.82 Å². The summed E-state index contributed by atoms with van der Waals surface area (Å²) in [6.07, 6.45) is 0. The van der Waals surface area contributed by atoms with Gasteiger partial charge >= 0.3 is 0 Å². The van der Waals surface area contributed by atoms with E-state index in [1.54, 1.807) is 18.2 Å². The zero-order valence-corrected chi connectivity index (χ0v) is 7.94. The second kappa shape index (κ2) is 3.61. The van der Waals surface area contributed by atoms with Crippen LogP contribution >= 0.6 is 0 Å². The average Bonchev–Trinajstić information content (AvgIpc) is 2.24. The Bertz CT molecular complexity index is 482. The molecule has 0 spiro atoms. The third-order valence-electron chi connectivity index (χ3n) is 2.17. The van der Waals surface area contributed by atoms with Gasteiger partial charge in [-0.05, 0) is 11.6 Å². The van der Waals surface area contributed by atoms with Crippen LogP contribution < -0.4 is 5.73 Å². The zero-order chi connectivity index (χ0) is 10.8. The van der Waals surface area contributed by atoms with Gasteiger partial charge in [-0.2, -0.15) is 0 Å². The molecule has 0 heterocycles. The summed E-state index contributed by atoms with van der Waals surface area (Å²) in [5.74, 6) is -1.07. The molecule has 0 saturated carbocycles. The lowest BCUT2D eigenvalue weighted by molar-refractivity contribution is 0.435. The van der Waals surface area contributed by atoms with Crippen LogP contribution in [0.25, 0.3) is 11.1 Å². The number of nitrogen functional groups attached to an aromatic ring is 1. The van der Waals surface area contributed by atoms with Crippen molar-refractivity contribution in [1.29, 1.82) is 0 Å². The first kappa shape index (κ1) is 9.52. The maximum absolute atomic E-state index is 13.2. The van der Waals surface area contributed by atoms with Crippen molar-refractivity contribution in [2.75, 3.05) is 5.73 Å². The number of rotatable bonds is 1.